The summed E-state index contributed by atoms with van der Waals surface area (Å²) in [5, 5.41) is 19.1. The highest BCUT2D eigenvalue weighted by molar-refractivity contribution is 8.00. The molecule has 1 atom stereocenters. The first-order valence-corrected chi connectivity index (χ1v) is 8.72. The molecule has 4 nitrogen and oxygen atoms in total. The Hall–Kier alpha value is -1.51. The van der Waals surface area contributed by atoms with Gasteiger partial charge in [-0.1, -0.05) is 48.3 Å². The molecule has 2 aromatic rings. The Balaban J connectivity index is 2.06. The van der Waals surface area contributed by atoms with E-state index in [1.165, 1.54) is 24.6 Å². The lowest BCUT2D eigenvalue weighted by Gasteiger charge is -2.17. The molecular weight excluding hydrogens is 316 g/mol. The molecule has 0 saturated heterocycles. The van der Waals surface area contributed by atoms with Crippen molar-refractivity contribution in [3.8, 4) is 17.5 Å². The van der Waals surface area contributed by atoms with Gasteiger partial charge in [0, 0.05) is 11.6 Å². The number of nitriles is 1. The van der Waals surface area contributed by atoms with E-state index >= 15 is 0 Å². The SMILES string of the molecule is CC(C#N)Sc1nnc(-c2ccccc2Cl)n1C1CCCC1. The lowest BCUT2D eigenvalue weighted by atomic mass is 10.2. The third-order valence-electron chi connectivity index (χ3n) is 3.93. The molecule has 3 rings (SSSR count). The first kappa shape index (κ1) is 15.4. The summed E-state index contributed by atoms with van der Waals surface area (Å²) in [4.78, 5) is 0. The fraction of sp³-hybridized carbons (Fsp3) is 0.438. The van der Waals surface area contributed by atoms with Crippen LogP contribution in [0.15, 0.2) is 29.4 Å². The van der Waals surface area contributed by atoms with Crippen molar-refractivity contribution in [1.82, 2.24) is 14.8 Å². The second kappa shape index (κ2) is 6.72. The van der Waals surface area contributed by atoms with Gasteiger partial charge in [0.15, 0.2) is 11.0 Å². The molecule has 1 aromatic carbocycles. The lowest BCUT2D eigenvalue weighted by Crippen LogP contribution is -2.09. The minimum absolute atomic E-state index is 0.150. The van der Waals surface area contributed by atoms with Gasteiger partial charge in [-0.05, 0) is 31.9 Å². The minimum Gasteiger partial charge on any atom is -0.299 e. The van der Waals surface area contributed by atoms with Crippen LogP contribution in [0.1, 0.15) is 38.6 Å². The number of rotatable bonds is 4. The Morgan fingerprint density at radius 3 is 2.73 bits per heavy atom. The van der Waals surface area contributed by atoms with E-state index in [9.17, 15) is 0 Å². The number of hydrogen-bond acceptors (Lipinski definition) is 4. The Bertz CT molecular complexity index is 700. The van der Waals surface area contributed by atoms with Gasteiger partial charge in [-0.2, -0.15) is 5.26 Å². The molecule has 0 aliphatic heterocycles. The van der Waals surface area contributed by atoms with Crippen molar-refractivity contribution in [3.05, 3.63) is 29.3 Å². The van der Waals surface area contributed by atoms with Gasteiger partial charge in [0.1, 0.15) is 0 Å². The van der Waals surface area contributed by atoms with Crippen LogP contribution in [-0.2, 0) is 0 Å². The highest BCUT2D eigenvalue weighted by Gasteiger charge is 2.26. The molecule has 0 N–H and O–H groups in total. The van der Waals surface area contributed by atoms with Crippen molar-refractivity contribution in [1.29, 1.82) is 5.26 Å². The van der Waals surface area contributed by atoms with Crippen LogP contribution in [0.5, 0.6) is 0 Å². The number of aromatic nitrogens is 3. The van der Waals surface area contributed by atoms with E-state index in [4.69, 9.17) is 16.9 Å². The molecule has 1 aliphatic carbocycles. The van der Waals surface area contributed by atoms with Crippen LogP contribution in [0.4, 0.5) is 0 Å². The van der Waals surface area contributed by atoms with Gasteiger partial charge in [-0.15, -0.1) is 10.2 Å². The van der Waals surface area contributed by atoms with Crippen LogP contribution in [0.2, 0.25) is 5.02 Å². The zero-order valence-electron chi connectivity index (χ0n) is 12.4. The largest absolute Gasteiger partial charge is 0.299 e. The van der Waals surface area contributed by atoms with Crippen molar-refractivity contribution in [2.45, 2.75) is 49.1 Å². The molecule has 1 heterocycles. The smallest absolute Gasteiger partial charge is 0.193 e. The van der Waals surface area contributed by atoms with Crippen LogP contribution < -0.4 is 0 Å². The lowest BCUT2D eigenvalue weighted by molar-refractivity contribution is 0.485. The van der Waals surface area contributed by atoms with E-state index in [0.717, 1.165) is 29.4 Å². The molecule has 1 unspecified atom stereocenters. The van der Waals surface area contributed by atoms with Crippen LogP contribution in [0.25, 0.3) is 11.4 Å². The Kier molecular flexibility index (Phi) is 4.70. The molecule has 114 valence electrons. The Morgan fingerprint density at radius 2 is 2.05 bits per heavy atom. The summed E-state index contributed by atoms with van der Waals surface area (Å²) >= 11 is 7.80. The molecule has 0 bridgehead atoms. The molecule has 6 heteroatoms. The van der Waals surface area contributed by atoms with Crippen molar-refractivity contribution in [2.24, 2.45) is 0 Å². The molecule has 0 amide bonds. The summed E-state index contributed by atoms with van der Waals surface area (Å²) in [6, 6.07) is 10.4. The van der Waals surface area contributed by atoms with E-state index in [2.05, 4.69) is 20.8 Å². The average molecular weight is 333 g/mol. The van der Waals surface area contributed by atoms with Crippen LogP contribution in [0, 0.1) is 11.3 Å². The fourth-order valence-electron chi connectivity index (χ4n) is 2.86. The van der Waals surface area contributed by atoms with Gasteiger partial charge in [0.25, 0.3) is 0 Å². The van der Waals surface area contributed by atoms with Crippen LogP contribution in [-0.4, -0.2) is 20.0 Å². The predicted octanol–water partition coefficient (Wildman–Crippen LogP) is 4.72. The van der Waals surface area contributed by atoms with Crippen LogP contribution >= 0.6 is 23.4 Å². The third kappa shape index (κ3) is 2.99. The number of nitrogens with zero attached hydrogens (tertiary/aromatic N) is 4. The van der Waals surface area contributed by atoms with Gasteiger partial charge >= 0.3 is 0 Å². The molecule has 22 heavy (non-hydrogen) atoms. The Morgan fingerprint density at radius 1 is 1.32 bits per heavy atom. The van der Waals surface area contributed by atoms with Crippen molar-refractivity contribution in [3.63, 3.8) is 0 Å². The van der Waals surface area contributed by atoms with Crippen molar-refractivity contribution < 1.29 is 0 Å². The summed E-state index contributed by atoms with van der Waals surface area (Å²) in [5.74, 6) is 0.810. The van der Waals surface area contributed by atoms with Gasteiger partial charge in [-0.3, -0.25) is 4.57 Å². The summed E-state index contributed by atoms with van der Waals surface area (Å²) < 4.78 is 2.19. The van der Waals surface area contributed by atoms with E-state index in [1.807, 2.05) is 31.2 Å². The third-order valence-corrected chi connectivity index (χ3v) is 5.21. The maximum absolute atomic E-state index is 9.07. The van der Waals surface area contributed by atoms with E-state index in [-0.39, 0.29) is 5.25 Å². The molecule has 0 radical (unpaired) electrons. The fourth-order valence-corrected chi connectivity index (χ4v) is 3.89. The molecule has 1 aromatic heterocycles. The molecule has 1 aliphatic rings. The number of halogens is 1. The normalized spacial score (nSPS) is 16.6. The zero-order chi connectivity index (χ0) is 15.5. The van der Waals surface area contributed by atoms with Gasteiger partial charge < -0.3 is 0 Å². The van der Waals surface area contributed by atoms with Crippen molar-refractivity contribution >= 4 is 23.4 Å². The zero-order valence-corrected chi connectivity index (χ0v) is 13.9. The monoisotopic (exact) mass is 332 g/mol. The summed E-state index contributed by atoms with van der Waals surface area (Å²) in [5.41, 5.74) is 0.903. The second-order valence-corrected chi connectivity index (χ2v) is 7.20. The molecule has 1 saturated carbocycles. The van der Waals surface area contributed by atoms with E-state index in [1.54, 1.807) is 0 Å². The highest BCUT2D eigenvalue weighted by Crippen LogP contribution is 2.38. The standard InChI is InChI=1S/C16H17ClN4S/c1-11(10-18)22-16-20-19-15(13-8-4-5-9-14(13)17)21(16)12-6-2-3-7-12/h4-5,8-9,11-12H,2-3,6-7H2,1H3. The van der Waals surface area contributed by atoms with Gasteiger partial charge in [-0.25, -0.2) is 0 Å². The summed E-state index contributed by atoms with van der Waals surface area (Å²) in [6.45, 7) is 1.88. The highest BCUT2D eigenvalue weighted by atomic mass is 35.5. The van der Waals surface area contributed by atoms with E-state index < -0.39 is 0 Å². The second-order valence-electron chi connectivity index (χ2n) is 5.48. The maximum Gasteiger partial charge on any atom is 0.193 e. The van der Waals surface area contributed by atoms with Crippen LogP contribution in [0.3, 0.4) is 0 Å². The predicted molar refractivity (Wildman–Crippen MR) is 88.9 cm³/mol. The topological polar surface area (TPSA) is 54.5 Å². The summed E-state index contributed by atoms with van der Waals surface area (Å²) in [7, 11) is 0. The molecule has 1 fully saturated rings. The number of hydrogen-bond donors (Lipinski definition) is 0. The quantitative estimate of drug-likeness (QED) is 0.760. The minimum atomic E-state index is -0.150. The first-order chi connectivity index (χ1) is 10.7. The maximum atomic E-state index is 9.07. The van der Waals surface area contributed by atoms with Crippen molar-refractivity contribution in [2.75, 3.05) is 0 Å². The molecule has 0 spiro atoms. The van der Waals surface area contributed by atoms with E-state index in [0.29, 0.717) is 11.1 Å². The number of benzene rings is 1. The van der Waals surface area contributed by atoms with Gasteiger partial charge in [0.05, 0.1) is 16.3 Å². The molecular formula is C16H17ClN4S. The number of thioether (sulfide) groups is 1. The Labute approximate surface area is 139 Å². The average Bonchev–Trinajstić information content (AvgIpc) is 3.16. The summed E-state index contributed by atoms with van der Waals surface area (Å²) in [6.07, 6.45) is 4.71. The first-order valence-electron chi connectivity index (χ1n) is 7.46. The van der Waals surface area contributed by atoms with Gasteiger partial charge in [0.2, 0.25) is 0 Å².